The fourth-order valence-electron chi connectivity index (χ4n) is 1.73. The van der Waals surface area contributed by atoms with Gasteiger partial charge in [-0.25, -0.2) is 0 Å². The highest BCUT2D eigenvalue weighted by atomic mass is 16.3. The number of nitrogens with one attached hydrogen (secondary N) is 1. The molecular weight excluding hydrogens is 262 g/mol. The average molecular weight is 279 g/mol. The Morgan fingerprint density at radius 3 is 2.33 bits per heavy atom. The highest BCUT2D eigenvalue weighted by molar-refractivity contribution is 5.91. The number of amides is 1. The lowest BCUT2D eigenvalue weighted by molar-refractivity contribution is -0.116. The van der Waals surface area contributed by atoms with Gasteiger partial charge in [0.25, 0.3) is 0 Å². The summed E-state index contributed by atoms with van der Waals surface area (Å²) in [4.78, 5) is 11.6. The van der Waals surface area contributed by atoms with Crippen molar-refractivity contribution >= 4 is 18.1 Å². The van der Waals surface area contributed by atoms with Gasteiger partial charge in [-0.05, 0) is 29.3 Å². The van der Waals surface area contributed by atoms with Crippen molar-refractivity contribution in [2.24, 2.45) is 0 Å². The smallest absolute Gasteiger partial charge is 0.244 e. The maximum absolute atomic E-state index is 11.6. The molecule has 2 N–H and O–H groups in total. The van der Waals surface area contributed by atoms with Crippen molar-refractivity contribution < 1.29 is 9.90 Å². The summed E-state index contributed by atoms with van der Waals surface area (Å²) in [6.45, 7) is 0.480. The molecule has 1 amide bonds. The van der Waals surface area contributed by atoms with E-state index in [1.165, 1.54) is 6.08 Å². The minimum Gasteiger partial charge on any atom is -0.508 e. The highest BCUT2D eigenvalue weighted by Gasteiger charge is 1.93. The molecule has 106 valence electrons. The quantitative estimate of drug-likeness (QED) is 0.825. The van der Waals surface area contributed by atoms with Crippen LogP contribution < -0.4 is 5.32 Å². The van der Waals surface area contributed by atoms with Crippen LogP contribution in [0, 0.1) is 0 Å². The van der Waals surface area contributed by atoms with Crippen LogP contribution >= 0.6 is 0 Å². The third kappa shape index (κ3) is 5.37. The van der Waals surface area contributed by atoms with Crippen molar-refractivity contribution in [1.82, 2.24) is 5.32 Å². The molecule has 0 radical (unpaired) electrons. The van der Waals surface area contributed by atoms with E-state index in [-0.39, 0.29) is 11.7 Å². The van der Waals surface area contributed by atoms with Crippen LogP contribution in [0.25, 0.3) is 12.2 Å². The van der Waals surface area contributed by atoms with Crippen LogP contribution in [0.3, 0.4) is 0 Å². The first-order valence-corrected chi connectivity index (χ1v) is 6.70. The van der Waals surface area contributed by atoms with E-state index in [4.69, 9.17) is 5.11 Å². The number of phenols is 1. The van der Waals surface area contributed by atoms with Crippen molar-refractivity contribution in [2.75, 3.05) is 6.54 Å². The molecule has 2 aromatic rings. The van der Waals surface area contributed by atoms with E-state index in [1.54, 1.807) is 30.3 Å². The summed E-state index contributed by atoms with van der Waals surface area (Å²) in [5.74, 6) is 0.0587. The van der Waals surface area contributed by atoms with Gasteiger partial charge in [-0.2, -0.15) is 0 Å². The molecule has 3 nitrogen and oxygen atoms in total. The fraction of sp³-hybridized carbons (Fsp3) is 0.0556. The van der Waals surface area contributed by atoms with Gasteiger partial charge in [0.2, 0.25) is 5.91 Å². The molecule has 0 heterocycles. The molecule has 21 heavy (non-hydrogen) atoms. The molecule has 0 aromatic heterocycles. The molecule has 0 aliphatic carbocycles. The van der Waals surface area contributed by atoms with Gasteiger partial charge in [0.1, 0.15) is 5.75 Å². The second-order valence-corrected chi connectivity index (χ2v) is 4.48. The van der Waals surface area contributed by atoms with E-state index in [0.29, 0.717) is 6.54 Å². The van der Waals surface area contributed by atoms with E-state index >= 15 is 0 Å². The first kappa shape index (κ1) is 14.6. The van der Waals surface area contributed by atoms with E-state index in [0.717, 1.165) is 11.1 Å². The summed E-state index contributed by atoms with van der Waals surface area (Å²) in [6.07, 6.45) is 7.05. The summed E-state index contributed by atoms with van der Waals surface area (Å²) >= 11 is 0. The third-order valence-electron chi connectivity index (χ3n) is 2.82. The molecule has 2 rings (SSSR count). The largest absolute Gasteiger partial charge is 0.508 e. The van der Waals surface area contributed by atoms with Crippen molar-refractivity contribution in [3.63, 3.8) is 0 Å². The summed E-state index contributed by atoms with van der Waals surface area (Å²) in [5, 5.41) is 11.9. The molecule has 2 aromatic carbocycles. The molecule has 0 saturated heterocycles. The van der Waals surface area contributed by atoms with Crippen LogP contribution in [-0.4, -0.2) is 17.6 Å². The molecule has 0 unspecified atom stereocenters. The monoisotopic (exact) mass is 279 g/mol. The van der Waals surface area contributed by atoms with Gasteiger partial charge in [-0.3, -0.25) is 4.79 Å². The van der Waals surface area contributed by atoms with Crippen molar-refractivity contribution in [3.8, 4) is 5.75 Å². The zero-order valence-electron chi connectivity index (χ0n) is 11.6. The highest BCUT2D eigenvalue weighted by Crippen LogP contribution is 2.10. The topological polar surface area (TPSA) is 49.3 Å². The maximum Gasteiger partial charge on any atom is 0.244 e. The number of carbonyl (C=O) groups excluding carboxylic acids is 1. The number of hydrogen-bond acceptors (Lipinski definition) is 2. The molecule has 0 atom stereocenters. The zero-order valence-corrected chi connectivity index (χ0v) is 11.6. The van der Waals surface area contributed by atoms with Crippen LogP contribution in [0.5, 0.6) is 5.75 Å². The van der Waals surface area contributed by atoms with E-state index < -0.39 is 0 Å². The second-order valence-electron chi connectivity index (χ2n) is 4.48. The summed E-state index contributed by atoms with van der Waals surface area (Å²) in [7, 11) is 0. The van der Waals surface area contributed by atoms with Crippen molar-refractivity contribution in [2.45, 2.75) is 0 Å². The Bertz CT molecular complexity index is 628. The van der Waals surface area contributed by atoms with Crippen LogP contribution in [0.1, 0.15) is 11.1 Å². The number of benzene rings is 2. The molecule has 0 bridgehead atoms. The Morgan fingerprint density at radius 1 is 0.952 bits per heavy atom. The van der Waals surface area contributed by atoms with Crippen LogP contribution in [0.4, 0.5) is 0 Å². The zero-order chi connectivity index (χ0) is 14.9. The number of aromatic hydroxyl groups is 1. The van der Waals surface area contributed by atoms with E-state index in [2.05, 4.69) is 5.32 Å². The molecular formula is C18H17NO2. The number of rotatable bonds is 5. The lowest BCUT2D eigenvalue weighted by Crippen LogP contribution is -2.20. The van der Waals surface area contributed by atoms with Gasteiger partial charge in [0.15, 0.2) is 0 Å². The predicted octanol–water partition coefficient (Wildman–Crippen LogP) is 3.24. The van der Waals surface area contributed by atoms with Crippen LogP contribution in [-0.2, 0) is 4.79 Å². The molecule has 0 aliphatic rings. The Balaban J connectivity index is 1.77. The van der Waals surface area contributed by atoms with E-state index in [9.17, 15) is 4.79 Å². The summed E-state index contributed by atoms with van der Waals surface area (Å²) < 4.78 is 0. The Labute approximate surface area is 124 Å². The molecule has 3 heteroatoms. The van der Waals surface area contributed by atoms with Gasteiger partial charge in [0, 0.05) is 12.6 Å². The molecule has 0 fully saturated rings. The fourth-order valence-corrected chi connectivity index (χ4v) is 1.73. The lowest BCUT2D eigenvalue weighted by Gasteiger charge is -1.97. The normalized spacial score (nSPS) is 11.0. The second kappa shape index (κ2) is 7.70. The molecule has 0 spiro atoms. The minimum absolute atomic E-state index is 0.152. The van der Waals surface area contributed by atoms with Gasteiger partial charge < -0.3 is 10.4 Å². The van der Waals surface area contributed by atoms with Gasteiger partial charge in [0.05, 0.1) is 0 Å². The minimum atomic E-state index is -0.152. The average Bonchev–Trinajstić information content (AvgIpc) is 2.52. The van der Waals surface area contributed by atoms with Gasteiger partial charge >= 0.3 is 0 Å². The lowest BCUT2D eigenvalue weighted by atomic mass is 10.2. The molecule has 0 saturated carbocycles. The summed E-state index contributed by atoms with van der Waals surface area (Å²) in [6, 6.07) is 16.6. The SMILES string of the molecule is O=C(/C=C/c1ccc(O)cc1)NC/C=C/c1ccccc1. The number of carbonyl (C=O) groups is 1. The van der Waals surface area contributed by atoms with Gasteiger partial charge in [-0.1, -0.05) is 54.6 Å². The third-order valence-corrected chi connectivity index (χ3v) is 2.82. The number of hydrogen-bond donors (Lipinski definition) is 2. The number of phenolic OH excluding ortho intramolecular Hbond substituents is 1. The Morgan fingerprint density at radius 2 is 1.62 bits per heavy atom. The maximum atomic E-state index is 11.6. The Kier molecular flexibility index (Phi) is 5.35. The first-order chi connectivity index (χ1) is 10.2. The molecule has 0 aliphatic heterocycles. The summed E-state index contributed by atoms with van der Waals surface area (Å²) in [5.41, 5.74) is 1.97. The first-order valence-electron chi connectivity index (χ1n) is 6.70. The Hall–Kier alpha value is -2.81. The standard InChI is InChI=1S/C18H17NO2/c20-17-11-8-16(9-12-17)10-13-18(21)19-14-4-7-15-5-2-1-3-6-15/h1-13,20H,14H2,(H,19,21)/b7-4+,13-10+. The van der Waals surface area contributed by atoms with Crippen LogP contribution in [0.2, 0.25) is 0 Å². The van der Waals surface area contributed by atoms with Crippen LogP contribution in [0.15, 0.2) is 66.7 Å². The predicted molar refractivity (Wildman–Crippen MR) is 85.6 cm³/mol. The van der Waals surface area contributed by atoms with Gasteiger partial charge in [-0.15, -0.1) is 0 Å². The van der Waals surface area contributed by atoms with Crippen molar-refractivity contribution in [1.29, 1.82) is 0 Å². The van der Waals surface area contributed by atoms with Crippen molar-refractivity contribution in [3.05, 3.63) is 77.9 Å². The van der Waals surface area contributed by atoms with E-state index in [1.807, 2.05) is 42.5 Å².